The highest BCUT2D eigenvalue weighted by atomic mass is 16.5. The molecule has 1 saturated heterocycles. The molecule has 1 fully saturated rings. The number of carbonyl (C=O) groups excluding carboxylic acids is 1. The Morgan fingerprint density at radius 1 is 1.21 bits per heavy atom. The predicted octanol–water partition coefficient (Wildman–Crippen LogP) is 2.42. The van der Waals surface area contributed by atoms with Gasteiger partial charge in [0.05, 0.1) is 6.04 Å². The average Bonchev–Trinajstić information content (AvgIpc) is 3.13. The van der Waals surface area contributed by atoms with Gasteiger partial charge >= 0.3 is 0 Å². The van der Waals surface area contributed by atoms with E-state index in [1.165, 1.54) is 5.56 Å². The highest BCUT2D eigenvalue weighted by molar-refractivity contribution is 5.79. The molecule has 0 spiro atoms. The lowest BCUT2D eigenvalue weighted by molar-refractivity contribution is -0.127. The van der Waals surface area contributed by atoms with E-state index < -0.39 is 0 Å². The van der Waals surface area contributed by atoms with Crippen LogP contribution in [0.15, 0.2) is 36.9 Å². The first-order valence-corrected chi connectivity index (χ1v) is 12.0. The summed E-state index contributed by atoms with van der Waals surface area (Å²) in [6, 6.07) is 8.03. The summed E-state index contributed by atoms with van der Waals surface area (Å²) in [7, 11) is 2.11. The molecule has 2 aromatic rings. The number of hydrogen-bond donors (Lipinski definition) is 1. The minimum atomic E-state index is -0.155. The van der Waals surface area contributed by atoms with E-state index >= 15 is 0 Å². The maximum absolute atomic E-state index is 12.8. The first kappa shape index (κ1) is 23.4. The summed E-state index contributed by atoms with van der Waals surface area (Å²) in [6.45, 7) is 11.6. The number of piperidine rings is 1. The van der Waals surface area contributed by atoms with Gasteiger partial charge in [0.2, 0.25) is 5.91 Å². The third-order valence-electron chi connectivity index (χ3n) is 6.71. The third kappa shape index (κ3) is 5.81. The van der Waals surface area contributed by atoms with E-state index in [0.29, 0.717) is 6.61 Å². The molecule has 4 rings (SSSR count). The van der Waals surface area contributed by atoms with Crippen LogP contribution >= 0.6 is 0 Å². The van der Waals surface area contributed by atoms with Crippen LogP contribution in [0.4, 0.5) is 0 Å². The molecule has 1 amide bonds. The standard InChI is InChI=1S/C25H36N6O2/c1-4-17-33-22-8-6-5-7-21(22)18-30-14-11-23-27-28-24(31(23)16-15-30)19(2)26-25(32)20-9-12-29(3)13-10-20/h4-8,19-20H,1,9-18H2,2-3H3,(H,26,32). The predicted molar refractivity (Wildman–Crippen MR) is 128 cm³/mol. The Bertz CT molecular complexity index is 950. The zero-order chi connectivity index (χ0) is 23.2. The van der Waals surface area contributed by atoms with E-state index in [4.69, 9.17) is 4.74 Å². The average molecular weight is 453 g/mol. The smallest absolute Gasteiger partial charge is 0.223 e. The van der Waals surface area contributed by atoms with Gasteiger partial charge in [0.25, 0.3) is 0 Å². The van der Waals surface area contributed by atoms with E-state index in [-0.39, 0.29) is 17.9 Å². The number of ether oxygens (including phenoxy) is 1. The molecule has 0 saturated carbocycles. The second-order valence-electron chi connectivity index (χ2n) is 9.17. The number of benzene rings is 1. The highest BCUT2D eigenvalue weighted by Crippen LogP contribution is 2.23. The monoisotopic (exact) mass is 452 g/mol. The number of likely N-dealkylation sites (tertiary alicyclic amines) is 1. The molecule has 2 aliphatic heterocycles. The van der Waals surface area contributed by atoms with Gasteiger partial charge in [-0.15, -0.1) is 10.2 Å². The van der Waals surface area contributed by atoms with Crippen molar-refractivity contribution in [1.29, 1.82) is 0 Å². The number of carbonyl (C=O) groups is 1. The van der Waals surface area contributed by atoms with E-state index in [2.05, 4.69) is 55.6 Å². The molecule has 0 radical (unpaired) electrons. The molecule has 1 aromatic heterocycles. The second-order valence-corrected chi connectivity index (χ2v) is 9.17. The molecule has 33 heavy (non-hydrogen) atoms. The maximum Gasteiger partial charge on any atom is 0.223 e. The molecular formula is C25H36N6O2. The Balaban J connectivity index is 1.37. The van der Waals surface area contributed by atoms with Crippen LogP contribution in [-0.2, 0) is 24.3 Å². The first-order valence-electron chi connectivity index (χ1n) is 12.0. The fourth-order valence-corrected chi connectivity index (χ4v) is 4.70. The number of fused-ring (bicyclic) bond motifs is 1. The van der Waals surface area contributed by atoms with Gasteiger partial charge in [0.15, 0.2) is 5.82 Å². The zero-order valence-corrected chi connectivity index (χ0v) is 19.9. The molecule has 1 aromatic carbocycles. The van der Waals surface area contributed by atoms with E-state index in [1.54, 1.807) is 6.08 Å². The minimum absolute atomic E-state index is 0.0917. The summed E-state index contributed by atoms with van der Waals surface area (Å²) >= 11 is 0. The van der Waals surface area contributed by atoms with Crippen molar-refractivity contribution in [1.82, 2.24) is 29.9 Å². The van der Waals surface area contributed by atoms with Crippen LogP contribution in [0.2, 0.25) is 0 Å². The van der Waals surface area contributed by atoms with Crippen molar-refractivity contribution in [3.05, 3.63) is 54.1 Å². The summed E-state index contributed by atoms with van der Waals surface area (Å²) < 4.78 is 8.03. The van der Waals surface area contributed by atoms with Crippen molar-refractivity contribution >= 4 is 5.91 Å². The molecule has 1 N–H and O–H groups in total. The van der Waals surface area contributed by atoms with E-state index in [0.717, 1.165) is 75.9 Å². The molecular weight excluding hydrogens is 416 g/mol. The van der Waals surface area contributed by atoms with Gasteiger partial charge in [-0.05, 0) is 46.0 Å². The first-order chi connectivity index (χ1) is 16.0. The highest BCUT2D eigenvalue weighted by Gasteiger charge is 2.27. The molecule has 3 heterocycles. The van der Waals surface area contributed by atoms with Gasteiger partial charge in [-0.1, -0.05) is 30.9 Å². The third-order valence-corrected chi connectivity index (χ3v) is 6.71. The van der Waals surface area contributed by atoms with Crippen molar-refractivity contribution in [2.75, 3.05) is 39.8 Å². The van der Waals surface area contributed by atoms with Crippen LogP contribution in [-0.4, -0.2) is 70.3 Å². The van der Waals surface area contributed by atoms with Gasteiger partial charge < -0.3 is 19.5 Å². The second kappa shape index (κ2) is 10.9. The Morgan fingerprint density at radius 3 is 2.79 bits per heavy atom. The normalized spacial score (nSPS) is 18.8. The molecule has 0 bridgehead atoms. The number of para-hydroxylation sites is 1. The molecule has 1 unspecified atom stereocenters. The molecule has 2 aliphatic rings. The van der Waals surface area contributed by atoms with Crippen LogP contribution in [0.5, 0.6) is 5.75 Å². The van der Waals surface area contributed by atoms with Crippen molar-refractivity contribution < 1.29 is 9.53 Å². The Morgan fingerprint density at radius 2 is 2.00 bits per heavy atom. The van der Waals surface area contributed by atoms with Crippen LogP contribution in [0.1, 0.15) is 43.0 Å². The summed E-state index contributed by atoms with van der Waals surface area (Å²) in [6.07, 6.45) is 4.43. The quantitative estimate of drug-likeness (QED) is 0.620. The number of amides is 1. The molecule has 1 atom stereocenters. The van der Waals surface area contributed by atoms with Gasteiger partial charge in [-0.25, -0.2) is 0 Å². The van der Waals surface area contributed by atoms with Crippen LogP contribution in [0.3, 0.4) is 0 Å². The van der Waals surface area contributed by atoms with Crippen molar-refractivity contribution in [3.63, 3.8) is 0 Å². The topological polar surface area (TPSA) is 75.5 Å². The lowest BCUT2D eigenvalue weighted by Crippen LogP contribution is -2.40. The lowest BCUT2D eigenvalue weighted by atomic mass is 9.96. The zero-order valence-electron chi connectivity index (χ0n) is 19.9. The van der Waals surface area contributed by atoms with Gasteiger partial charge in [0, 0.05) is 44.1 Å². The van der Waals surface area contributed by atoms with E-state index in [1.807, 2.05) is 19.1 Å². The summed E-state index contributed by atoms with van der Waals surface area (Å²) in [4.78, 5) is 17.5. The maximum atomic E-state index is 12.8. The van der Waals surface area contributed by atoms with Crippen molar-refractivity contribution in [3.8, 4) is 5.75 Å². The van der Waals surface area contributed by atoms with Gasteiger partial charge in [-0.2, -0.15) is 0 Å². The fraction of sp³-hybridized carbons (Fsp3) is 0.560. The van der Waals surface area contributed by atoms with Gasteiger partial charge in [-0.3, -0.25) is 9.69 Å². The Kier molecular flexibility index (Phi) is 7.77. The Hall–Kier alpha value is -2.71. The number of nitrogens with one attached hydrogen (secondary N) is 1. The van der Waals surface area contributed by atoms with Crippen LogP contribution in [0.25, 0.3) is 0 Å². The largest absolute Gasteiger partial charge is 0.489 e. The SMILES string of the molecule is C=CCOc1ccccc1CN1CCc2nnc(C(C)NC(=O)C3CCN(C)CC3)n2CC1. The minimum Gasteiger partial charge on any atom is -0.489 e. The summed E-state index contributed by atoms with van der Waals surface area (Å²) in [5.74, 6) is 2.98. The molecule has 178 valence electrons. The summed E-state index contributed by atoms with van der Waals surface area (Å²) in [5, 5.41) is 12.1. The van der Waals surface area contributed by atoms with Crippen LogP contribution < -0.4 is 10.1 Å². The van der Waals surface area contributed by atoms with Crippen molar-refractivity contribution in [2.45, 2.75) is 45.3 Å². The number of rotatable bonds is 8. The van der Waals surface area contributed by atoms with Crippen LogP contribution in [0, 0.1) is 5.92 Å². The molecule has 0 aliphatic carbocycles. The van der Waals surface area contributed by atoms with Crippen molar-refractivity contribution in [2.24, 2.45) is 5.92 Å². The fourth-order valence-electron chi connectivity index (χ4n) is 4.70. The molecule has 8 nitrogen and oxygen atoms in total. The van der Waals surface area contributed by atoms with E-state index in [9.17, 15) is 4.79 Å². The number of hydrogen-bond acceptors (Lipinski definition) is 6. The number of nitrogens with zero attached hydrogens (tertiary/aromatic N) is 5. The van der Waals surface area contributed by atoms with Gasteiger partial charge in [0.1, 0.15) is 18.2 Å². The Labute approximate surface area is 196 Å². The number of aromatic nitrogens is 3. The summed E-state index contributed by atoms with van der Waals surface area (Å²) in [5.41, 5.74) is 1.18. The molecule has 8 heteroatoms. The lowest BCUT2D eigenvalue weighted by Gasteiger charge is -2.29.